The van der Waals surface area contributed by atoms with E-state index >= 15 is 0 Å². The van der Waals surface area contributed by atoms with E-state index in [1.54, 1.807) is 19.2 Å². The fraction of sp³-hybridized carbons (Fsp3) is 0.211. The molecule has 0 fully saturated rings. The number of hydrogen-bond acceptors (Lipinski definition) is 4. The van der Waals surface area contributed by atoms with Crippen molar-refractivity contribution in [1.82, 2.24) is 0 Å². The molecular weight excluding hydrogens is 328 g/mol. The first kappa shape index (κ1) is 16.4. The van der Waals surface area contributed by atoms with Crippen LogP contribution in [0.2, 0.25) is 5.02 Å². The summed E-state index contributed by atoms with van der Waals surface area (Å²) >= 11 is 6.33. The van der Waals surface area contributed by atoms with Gasteiger partial charge in [-0.15, -0.1) is 0 Å². The molecule has 0 N–H and O–H groups in total. The number of hydrogen-bond donors (Lipinski definition) is 0. The highest BCUT2D eigenvalue weighted by Crippen LogP contribution is 2.32. The van der Waals surface area contributed by atoms with Crippen molar-refractivity contribution in [2.75, 3.05) is 7.11 Å². The molecule has 0 bridgehead atoms. The number of benzene rings is 2. The molecule has 0 amide bonds. The van der Waals surface area contributed by atoms with Crippen LogP contribution in [-0.4, -0.2) is 7.11 Å². The summed E-state index contributed by atoms with van der Waals surface area (Å²) in [7, 11) is 1.62. The Bertz CT molecular complexity index is 930. The first-order chi connectivity index (χ1) is 11.6. The maximum absolute atomic E-state index is 11.7. The SMILES string of the molecule is CCc1cc(=O)oc2cc(OCc3cccc(OC)c3)c(Cl)cc12. The molecule has 0 spiro atoms. The molecule has 124 valence electrons. The fourth-order valence-corrected chi connectivity index (χ4v) is 2.77. The molecule has 3 aromatic rings. The molecule has 0 saturated carbocycles. The summed E-state index contributed by atoms with van der Waals surface area (Å²) in [5.41, 5.74) is 1.96. The number of ether oxygens (including phenoxy) is 2. The van der Waals surface area contributed by atoms with Crippen LogP contribution in [0.5, 0.6) is 11.5 Å². The van der Waals surface area contributed by atoms with Crippen LogP contribution in [0.4, 0.5) is 0 Å². The van der Waals surface area contributed by atoms with Gasteiger partial charge >= 0.3 is 5.63 Å². The standard InChI is InChI=1S/C19H17ClO4/c1-3-13-8-19(21)24-17-10-18(16(20)9-15(13)17)23-11-12-5-4-6-14(7-12)22-2/h4-10H,3,11H2,1-2H3. The number of fused-ring (bicyclic) bond motifs is 1. The van der Waals surface area contributed by atoms with Gasteiger partial charge in [0.15, 0.2) is 0 Å². The molecule has 0 unspecified atom stereocenters. The molecule has 0 saturated heterocycles. The predicted molar refractivity (Wildman–Crippen MR) is 94.2 cm³/mol. The molecule has 1 heterocycles. The van der Waals surface area contributed by atoms with E-state index in [-0.39, 0.29) is 5.63 Å². The Morgan fingerprint density at radius 3 is 2.75 bits per heavy atom. The van der Waals surface area contributed by atoms with Gasteiger partial charge < -0.3 is 13.9 Å². The first-order valence-corrected chi connectivity index (χ1v) is 8.00. The van der Waals surface area contributed by atoms with E-state index in [9.17, 15) is 4.79 Å². The summed E-state index contributed by atoms with van der Waals surface area (Å²) < 4.78 is 16.3. The van der Waals surface area contributed by atoms with Crippen LogP contribution in [0.25, 0.3) is 11.0 Å². The summed E-state index contributed by atoms with van der Waals surface area (Å²) in [4.78, 5) is 11.7. The van der Waals surface area contributed by atoms with Crippen molar-refractivity contribution >= 4 is 22.6 Å². The summed E-state index contributed by atoms with van der Waals surface area (Å²) in [6, 6.07) is 12.5. The molecule has 4 nitrogen and oxygen atoms in total. The average molecular weight is 345 g/mol. The van der Waals surface area contributed by atoms with Gasteiger partial charge in [0, 0.05) is 17.5 Å². The van der Waals surface area contributed by atoms with E-state index in [0.29, 0.717) is 23.0 Å². The van der Waals surface area contributed by atoms with Crippen molar-refractivity contribution in [3.63, 3.8) is 0 Å². The smallest absolute Gasteiger partial charge is 0.336 e. The highest BCUT2D eigenvalue weighted by molar-refractivity contribution is 6.32. The number of aryl methyl sites for hydroxylation is 1. The number of methoxy groups -OCH3 is 1. The third kappa shape index (κ3) is 3.39. The molecule has 24 heavy (non-hydrogen) atoms. The Balaban J connectivity index is 1.92. The Kier molecular flexibility index (Phi) is 4.76. The highest BCUT2D eigenvalue weighted by atomic mass is 35.5. The normalized spacial score (nSPS) is 10.8. The largest absolute Gasteiger partial charge is 0.497 e. The summed E-state index contributed by atoms with van der Waals surface area (Å²) in [6.45, 7) is 2.31. The van der Waals surface area contributed by atoms with E-state index in [2.05, 4.69) is 0 Å². The van der Waals surface area contributed by atoms with Crippen LogP contribution < -0.4 is 15.1 Å². The minimum Gasteiger partial charge on any atom is -0.497 e. The molecule has 0 radical (unpaired) electrons. The molecular formula is C19H17ClO4. The lowest BCUT2D eigenvalue weighted by Crippen LogP contribution is -2.01. The maximum atomic E-state index is 11.7. The lowest BCUT2D eigenvalue weighted by atomic mass is 10.1. The Labute approximate surface area is 144 Å². The zero-order valence-electron chi connectivity index (χ0n) is 13.5. The quantitative estimate of drug-likeness (QED) is 0.635. The van der Waals surface area contributed by atoms with E-state index in [1.165, 1.54) is 6.07 Å². The third-order valence-electron chi connectivity index (χ3n) is 3.79. The minimum atomic E-state index is -0.375. The van der Waals surface area contributed by atoms with Gasteiger partial charge in [-0.2, -0.15) is 0 Å². The molecule has 0 aliphatic rings. The maximum Gasteiger partial charge on any atom is 0.336 e. The minimum absolute atomic E-state index is 0.333. The summed E-state index contributed by atoms with van der Waals surface area (Å²) in [6.07, 6.45) is 0.725. The van der Waals surface area contributed by atoms with Crippen molar-refractivity contribution in [3.05, 3.63) is 69.0 Å². The average Bonchev–Trinajstić information content (AvgIpc) is 2.60. The summed E-state index contributed by atoms with van der Waals surface area (Å²) in [5, 5.41) is 1.31. The molecule has 0 aliphatic heterocycles. The van der Waals surface area contributed by atoms with Crippen molar-refractivity contribution in [1.29, 1.82) is 0 Å². The van der Waals surface area contributed by atoms with Crippen molar-refractivity contribution < 1.29 is 13.9 Å². The molecule has 3 rings (SSSR count). The monoisotopic (exact) mass is 344 g/mol. The van der Waals surface area contributed by atoms with Crippen molar-refractivity contribution in [3.8, 4) is 11.5 Å². The van der Waals surface area contributed by atoms with Gasteiger partial charge in [0.25, 0.3) is 0 Å². The predicted octanol–water partition coefficient (Wildman–Crippen LogP) is 4.60. The molecule has 1 aromatic heterocycles. The van der Waals surface area contributed by atoms with Gasteiger partial charge in [-0.05, 0) is 35.7 Å². The van der Waals surface area contributed by atoms with Crippen molar-refractivity contribution in [2.45, 2.75) is 20.0 Å². The van der Waals surface area contributed by atoms with Crippen LogP contribution in [0.15, 0.2) is 51.7 Å². The van der Waals surface area contributed by atoms with E-state index in [0.717, 1.165) is 28.7 Å². The Hall–Kier alpha value is -2.46. The molecule has 0 atom stereocenters. The van der Waals surface area contributed by atoms with Gasteiger partial charge in [-0.1, -0.05) is 30.7 Å². The Morgan fingerprint density at radius 1 is 1.17 bits per heavy atom. The van der Waals surface area contributed by atoms with E-state index < -0.39 is 0 Å². The van der Waals surface area contributed by atoms with Crippen LogP contribution in [-0.2, 0) is 13.0 Å². The topological polar surface area (TPSA) is 48.7 Å². The second kappa shape index (κ2) is 6.97. The second-order valence-electron chi connectivity index (χ2n) is 5.36. The summed E-state index contributed by atoms with van der Waals surface area (Å²) in [5.74, 6) is 1.24. The van der Waals surface area contributed by atoms with E-state index in [1.807, 2.05) is 31.2 Å². The van der Waals surface area contributed by atoms with E-state index in [4.69, 9.17) is 25.5 Å². The fourth-order valence-electron chi connectivity index (χ4n) is 2.55. The zero-order valence-corrected chi connectivity index (χ0v) is 14.2. The first-order valence-electron chi connectivity index (χ1n) is 7.62. The van der Waals surface area contributed by atoms with Gasteiger partial charge in [-0.25, -0.2) is 4.79 Å². The molecule has 5 heteroatoms. The van der Waals surface area contributed by atoms with Crippen molar-refractivity contribution in [2.24, 2.45) is 0 Å². The number of halogens is 1. The molecule has 2 aromatic carbocycles. The number of rotatable bonds is 5. The van der Waals surface area contributed by atoms with Crippen LogP contribution in [0, 0.1) is 0 Å². The lowest BCUT2D eigenvalue weighted by molar-refractivity contribution is 0.305. The second-order valence-corrected chi connectivity index (χ2v) is 5.77. The van der Waals surface area contributed by atoms with Gasteiger partial charge in [0.05, 0.1) is 12.1 Å². The molecule has 0 aliphatic carbocycles. The van der Waals surface area contributed by atoms with Gasteiger partial charge in [-0.3, -0.25) is 0 Å². The lowest BCUT2D eigenvalue weighted by Gasteiger charge is -2.11. The Morgan fingerprint density at radius 2 is 2.00 bits per heavy atom. The van der Waals surface area contributed by atoms with Gasteiger partial charge in [0.2, 0.25) is 0 Å². The van der Waals surface area contributed by atoms with Crippen LogP contribution in [0.3, 0.4) is 0 Å². The van der Waals surface area contributed by atoms with Gasteiger partial charge in [0.1, 0.15) is 23.7 Å². The third-order valence-corrected chi connectivity index (χ3v) is 4.09. The van der Waals surface area contributed by atoms with Crippen LogP contribution in [0.1, 0.15) is 18.1 Å². The highest BCUT2D eigenvalue weighted by Gasteiger charge is 2.10. The zero-order chi connectivity index (χ0) is 17.1. The van der Waals surface area contributed by atoms with Crippen LogP contribution >= 0.6 is 11.6 Å².